The van der Waals surface area contributed by atoms with Crippen LogP contribution in [0.5, 0.6) is 0 Å². The van der Waals surface area contributed by atoms with Gasteiger partial charge in [-0.25, -0.2) is 4.39 Å². The SMILES string of the molecule is CC(C)[C@@H]1OCC[C@H]1CNC(=O)C1(c2cccc(F)c2)CCOCC1. The van der Waals surface area contributed by atoms with Crippen molar-refractivity contribution in [3.8, 4) is 0 Å². The fourth-order valence-electron chi connectivity index (χ4n) is 4.16. The summed E-state index contributed by atoms with van der Waals surface area (Å²) in [6.45, 7) is 6.71. The summed E-state index contributed by atoms with van der Waals surface area (Å²) in [5.74, 6) is 0.453. The molecule has 2 heterocycles. The first-order valence-electron chi connectivity index (χ1n) is 9.26. The number of carbonyl (C=O) groups excluding carboxylic acids is 1. The first kappa shape index (κ1) is 18.3. The molecule has 0 aliphatic carbocycles. The number of benzene rings is 1. The van der Waals surface area contributed by atoms with Crippen molar-refractivity contribution in [2.75, 3.05) is 26.4 Å². The van der Waals surface area contributed by atoms with Gasteiger partial charge in [0.05, 0.1) is 11.5 Å². The molecule has 138 valence electrons. The van der Waals surface area contributed by atoms with Crippen LogP contribution < -0.4 is 5.32 Å². The molecule has 2 saturated heterocycles. The Bertz CT molecular complexity index is 598. The average molecular weight is 349 g/mol. The summed E-state index contributed by atoms with van der Waals surface area (Å²) >= 11 is 0. The van der Waals surface area contributed by atoms with E-state index in [1.165, 1.54) is 12.1 Å². The second-order valence-electron chi connectivity index (χ2n) is 7.54. The van der Waals surface area contributed by atoms with Crippen LogP contribution in [0.3, 0.4) is 0 Å². The Kier molecular flexibility index (Phi) is 5.74. The van der Waals surface area contributed by atoms with Crippen LogP contribution in [0.4, 0.5) is 4.39 Å². The maximum Gasteiger partial charge on any atom is 0.230 e. The predicted octanol–water partition coefficient (Wildman–Crippen LogP) is 3.05. The predicted molar refractivity (Wildman–Crippen MR) is 93.8 cm³/mol. The molecule has 2 aliphatic rings. The molecule has 0 saturated carbocycles. The zero-order valence-electron chi connectivity index (χ0n) is 15.1. The molecule has 2 fully saturated rings. The standard InChI is InChI=1S/C20H28FNO3/c1-14(2)18-15(6-9-25-18)13-22-19(23)20(7-10-24-11-8-20)16-4-3-5-17(21)12-16/h3-5,12,14-15,18H,6-11,13H2,1-2H3,(H,22,23)/t15-,18-/m0/s1. The third-order valence-electron chi connectivity index (χ3n) is 5.60. The van der Waals surface area contributed by atoms with Crippen LogP contribution in [0.15, 0.2) is 24.3 Å². The van der Waals surface area contributed by atoms with Gasteiger partial charge in [0.2, 0.25) is 5.91 Å². The van der Waals surface area contributed by atoms with Gasteiger partial charge in [0.1, 0.15) is 5.82 Å². The van der Waals surface area contributed by atoms with Gasteiger partial charge in [0.15, 0.2) is 0 Å². The van der Waals surface area contributed by atoms with Gasteiger partial charge in [-0.05, 0) is 42.9 Å². The lowest BCUT2D eigenvalue weighted by Crippen LogP contribution is -2.49. The molecule has 1 amide bonds. The monoisotopic (exact) mass is 349 g/mol. The molecule has 2 atom stereocenters. The van der Waals surface area contributed by atoms with Crippen LogP contribution in [0, 0.1) is 17.7 Å². The minimum absolute atomic E-state index is 0.0178. The molecule has 3 rings (SSSR count). The number of carbonyl (C=O) groups is 1. The smallest absolute Gasteiger partial charge is 0.230 e. The number of hydrogen-bond donors (Lipinski definition) is 1. The van der Waals surface area contributed by atoms with Crippen molar-refractivity contribution in [1.29, 1.82) is 0 Å². The van der Waals surface area contributed by atoms with Crippen molar-refractivity contribution in [3.63, 3.8) is 0 Å². The maximum atomic E-state index is 13.7. The lowest BCUT2D eigenvalue weighted by atomic mass is 9.73. The number of amides is 1. The topological polar surface area (TPSA) is 47.6 Å². The van der Waals surface area contributed by atoms with Gasteiger partial charge in [-0.2, -0.15) is 0 Å². The highest BCUT2D eigenvalue weighted by Gasteiger charge is 2.42. The molecule has 1 N–H and O–H groups in total. The molecule has 1 aromatic carbocycles. The van der Waals surface area contributed by atoms with E-state index in [1.54, 1.807) is 6.07 Å². The minimum Gasteiger partial charge on any atom is -0.381 e. The Morgan fingerprint density at radius 1 is 1.32 bits per heavy atom. The second-order valence-corrected chi connectivity index (χ2v) is 7.54. The second kappa shape index (κ2) is 7.83. The zero-order chi connectivity index (χ0) is 17.9. The Balaban J connectivity index is 1.74. The lowest BCUT2D eigenvalue weighted by molar-refractivity contribution is -0.130. The van der Waals surface area contributed by atoms with E-state index in [0.29, 0.717) is 44.4 Å². The largest absolute Gasteiger partial charge is 0.381 e. The van der Waals surface area contributed by atoms with Crippen LogP contribution in [-0.4, -0.2) is 38.4 Å². The molecule has 5 heteroatoms. The third-order valence-corrected chi connectivity index (χ3v) is 5.60. The third kappa shape index (κ3) is 3.87. The van der Waals surface area contributed by atoms with Crippen LogP contribution in [-0.2, 0) is 19.7 Å². The Labute approximate surface area is 149 Å². The number of halogens is 1. The summed E-state index contributed by atoms with van der Waals surface area (Å²) < 4.78 is 25.0. The van der Waals surface area contributed by atoms with E-state index in [1.807, 2.05) is 6.07 Å². The molecule has 0 aromatic heterocycles. The molecule has 25 heavy (non-hydrogen) atoms. The highest BCUT2D eigenvalue weighted by Crippen LogP contribution is 2.36. The van der Waals surface area contributed by atoms with Gasteiger partial charge < -0.3 is 14.8 Å². The van der Waals surface area contributed by atoms with E-state index in [2.05, 4.69) is 19.2 Å². The summed E-state index contributed by atoms with van der Waals surface area (Å²) in [4.78, 5) is 13.1. The van der Waals surface area contributed by atoms with E-state index < -0.39 is 5.41 Å². The normalized spacial score (nSPS) is 25.9. The van der Waals surface area contributed by atoms with Gasteiger partial charge in [-0.1, -0.05) is 26.0 Å². The highest BCUT2D eigenvalue weighted by molar-refractivity contribution is 5.88. The number of rotatable bonds is 5. The summed E-state index contributed by atoms with van der Waals surface area (Å²) in [6, 6.07) is 6.43. The first-order valence-corrected chi connectivity index (χ1v) is 9.26. The molecule has 0 bridgehead atoms. The minimum atomic E-state index is -0.701. The van der Waals surface area contributed by atoms with Crippen molar-refractivity contribution < 1.29 is 18.7 Å². The van der Waals surface area contributed by atoms with Gasteiger partial charge in [0, 0.05) is 32.3 Å². The number of ether oxygens (including phenoxy) is 2. The first-order chi connectivity index (χ1) is 12.0. The summed E-state index contributed by atoms with van der Waals surface area (Å²) in [7, 11) is 0. The van der Waals surface area contributed by atoms with E-state index in [4.69, 9.17) is 9.47 Å². The van der Waals surface area contributed by atoms with E-state index in [0.717, 1.165) is 18.6 Å². The van der Waals surface area contributed by atoms with Crippen LogP contribution in [0.25, 0.3) is 0 Å². The van der Waals surface area contributed by atoms with Gasteiger partial charge in [0.25, 0.3) is 0 Å². The van der Waals surface area contributed by atoms with Crippen molar-refractivity contribution >= 4 is 5.91 Å². The van der Waals surface area contributed by atoms with Crippen molar-refractivity contribution in [3.05, 3.63) is 35.6 Å². The van der Waals surface area contributed by atoms with E-state index in [9.17, 15) is 9.18 Å². The van der Waals surface area contributed by atoms with E-state index >= 15 is 0 Å². The van der Waals surface area contributed by atoms with Crippen LogP contribution in [0.1, 0.15) is 38.7 Å². The maximum absolute atomic E-state index is 13.7. The van der Waals surface area contributed by atoms with Crippen molar-refractivity contribution in [2.45, 2.75) is 44.6 Å². The lowest BCUT2D eigenvalue weighted by Gasteiger charge is -2.36. The zero-order valence-corrected chi connectivity index (χ0v) is 15.1. The molecule has 0 unspecified atom stereocenters. The highest BCUT2D eigenvalue weighted by atomic mass is 19.1. The van der Waals surface area contributed by atoms with Crippen LogP contribution in [0.2, 0.25) is 0 Å². The number of nitrogens with one attached hydrogen (secondary N) is 1. The van der Waals surface area contributed by atoms with Crippen LogP contribution >= 0.6 is 0 Å². The number of hydrogen-bond acceptors (Lipinski definition) is 3. The summed E-state index contributed by atoms with van der Waals surface area (Å²) in [6.07, 6.45) is 2.33. The van der Waals surface area contributed by atoms with Crippen molar-refractivity contribution in [1.82, 2.24) is 5.32 Å². The van der Waals surface area contributed by atoms with Gasteiger partial charge in [-0.3, -0.25) is 4.79 Å². The summed E-state index contributed by atoms with van der Waals surface area (Å²) in [5.41, 5.74) is 0.0454. The molecule has 0 spiro atoms. The quantitative estimate of drug-likeness (QED) is 0.889. The van der Waals surface area contributed by atoms with Gasteiger partial charge in [-0.15, -0.1) is 0 Å². The molecule has 1 aromatic rings. The molecule has 0 radical (unpaired) electrons. The summed E-state index contributed by atoms with van der Waals surface area (Å²) in [5, 5.41) is 3.14. The Morgan fingerprint density at radius 2 is 2.08 bits per heavy atom. The van der Waals surface area contributed by atoms with Crippen molar-refractivity contribution in [2.24, 2.45) is 11.8 Å². The Hall–Kier alpha value is -1.46. The average Bonchev–Trinajstić information content (AvgIpc) is 3.09. The Morgan fingerprint density at radius 3 is 2.76 bits per heavy atom. The molecule has 4 nitrogen and oxygen atoms in total. The van der Waals surface area contributed by atoms with E-state index in [-0.39, 0.29) is 17.8 Å². The molecular weight excluding hydrogens is 321 g/mol. The fourth-order valence-corrected chi connectivity index (χ4v) is 4.16. The molecular formula is C20H28FNO3. The fraction of sp³-hybridized carbons (Fsp3) is 0.650. The van der Waals surface area contributed by atoms with Gasteiger partial charge >= 0.3 is 0 Å². The molecule has 2 aliphatic heterocycles.